The summed E-state index contributed by atoms with van der Waals surface area (Å²) in [7, 11) is 0. The minimum atomic E-state index is -2.77. The number of rotatable bonds is 2. The van der Waals surface area contributed by atoms with E-state index in [1.807, 2.05) is 0 Å². The Morgan fingerprint density at radius 3 is 2.88 bits per heavy atom. The fraction of sp³-hybridized carbons (Fsp3) is 0.444. The number of nitro groups is 1. The van der Waals surface area contributed by atoms with Crippen LogP contribution in [0.1, 0.15) is 6.42 Å². The van der Waals surface area contributed by atoms with E-state index in [9.17, 15) is 18.9 Å². The smallest absolute Gasteiger partial charge is 0.358 e. The quantitative estimate of drug-likeness (QED) is 0.573. The van der Waals surface area contributed by atoms with Crippen molar-refractivity contribution in [2.24, 2.45) is 0 Å². The third kappa shape index (κ3) is 1.93. The van der Waals surface area contributed by atoms with Crippen molar-refractivity contribution in [2.75, 3.05) is 18.0 Å². The highest BCUT2D eigenvalue weighted by molar-refractivity contribution is 5.59. The molecular weight excluding hydrogens is 220 g/mol. The van der Waals surface area contributed by atoms with Crippen molar-refractivity contribution in [3.63, 3.8) is 0 Å². The van der Waals surface area contributed by atoms with E-state index in [-0.39, 0.29) is 24.5 Å². The molecule has 1 saturated heterocycles. The summed E-state index contributed by atoms with van der Waals surface area (Å²) in [6, 6.07) is 2.94. The molecule has 16 heavy (non-hydrogen) atoms. The van der Waals surface area contributed by atoms with E-state index in [1.165, 1.54) is 23.2 Å². The summed E-state index contributed by atoms with van der Waals surface area (Å²) in [4.78, 5) is 14.9. The van der Waals surface area contributed by atoms with Crippen LogP contribution in [0.3, 0.4) is 0 Å². The molecule has 1 aromatic rings. The van der Waals surface area contributed by atoms with Crippen LogP contribution in [0, 0.1) is 10.1 Å². The van der Waals surface area contributed by atoms with Crippen LogP contribution in [-0.2, 0) is 0 Å². The number of nitrogens with zero attached hydrogens (tertiary/aromatic N) is 3. The van der Waals surface area contributed by atoms with Gasteiger partial charge in [0, 0.05) is 13.0 Å². The number of hydrogen-bond donors (Lipinski definition) is 0. The van der Waals surface area contributed by atoms with Crippen LogP contribution in [0.4, 0.5) is 20.3 Å². The van der Waals surface area contributed by atoms with Crippen LogP contribution < -0.4 is 4.90 Å². The van der Waals surface area contributed by atoms with Crippen molar-refractivity contribution in [1.82, 2.24) is 4.98 Å². The lowest BCUT2D eigenvalue weighted by Gasteiger charge is -2.16. The highest BCUT2D eigenvalue weighted by atomic mass is 19.3. The van der Waals surface area contributed by atoms with E-state index in [0.717, 1.165) is 0 Å². The number of anilines is 1. The molecule has 0 bridgehead atoms. The first-order valence-corrected chi connectivity index (χ1v) is 4.72. The summed E-state index contributed by atoms with van der Waals surface area (Å²) >= 11 is 0. The lowest BCUT2D eigenvalue weighted by molar-refractivity contribution is -0.388. The van der Waals surface area contributed by atoms with Gasteiger partial charge in [0.05, 0.1) is 6.54 Å². The second-order valence-electron chi connectivity index (χ2n) is 3.63. The summed E-state index contributed by atoms with van der Waals surface area (Å²) in [6.45, 7) is -0.376. The van der Waals surface area contributed by atoms with Gasteiger partial charge in [0.25, 0.3) is 5.92 Å². The van der Waals surface area contributed by atoms with E-state index < -0.39 is 17.4 Å². The van der Waals surface area contributed by atoms with Crippen molar-refractivity contribution in [3.05, 3.63) is 28.4 Å². The molecule has 1 aromatic heterocycles. The number of hydrogen-bond acceptors (Lipinski definition) is 4. The van der Waals surface area contributed by atoms with E-state index in [2.05, 4.69) is 4.98 Å². The molecule has 0 amide bonds. The summed E-state index contributed by atoms with van der Waals surface area (Å²) in [5.41, 5.74) is 0.157. The molecule has 0 saturated carbocycles. The van der Waals surface area contributed by atoms with Crippen molar-refractivity contribution >= 4 is 11.5 Å². The van der Waals surface area contributed by atoms with Gasteiger partial charge in [0.15, 0.2) is 0 Å². The number of halogens is 2. The van der Waals surface area contributed by atoms with Crippen molar-refractivity contribution in [1.29, 1.82) is 0 Å². The van der Waals surface area contributed by atoms with Crippen molar-refractivity contribution in [3.8, 4) is 0 Å². The van der Waals surface area contributed by atoms with Crippen LogP contribution in [0.2, 0.25) is 0 Å². The Hall–Kier alpha value is -1.79. The second kappa shape index (κ2) is 3.66. The Bertz CT molecular complexity index is 425. The molecule has 1 aliphatic rings. The predicted molar refractivity (Wildman–Crippen MR) is 52.7 cm³/mol. The van der Waals surface area contributed by atoms with Gasteiger partial charge in [-0.05, 0) is 22.0 Å². The molecule has 0 radical (unpaired) electrons. The molecule has 0 atom stereocenters. The SMILES string of the molecule is O=[N+]([O-])c1ncccc1N1CCC(F)(F)C1. The van der Waals surface area contributed by atoms with Gasteiger partial charge in [-0.2, -0.15) is 0 Å². The van der Waals surface area contributed by atoms with Crippen molar-refractivity contribution in [2.45, 2.75) is 12.3 Å². The van der Waals surface area contributed by atoms with Crippen LogP contribution in [0.25, 0.3) is 0 Å². The predicted octanol–water partition coefficient (Wildman–Crippen LogP) is 1.84. The molecule has 5 nitrogen and oxygen atoms in total. The highest BCUT2D eigenvalue weighted by Crippen LogP contribution is 2.34. The first kappa shape index (κ1) is 10.7. The Balaban J connectivity index is 2.31. The molecule has 86 valence electrons. The van der Waals surface area contributed by atoms with Gasteiger partial charge in [-0.3, -0.25) is 0 Å². The Morgan fingerprint density at radius 2 is 2.31 bits per heavy atom. The van der Waals surface area contributed by atoms with Crippen LogP contribution >= 0.6 is 0 Å². The zero-order valence-corrected chi connectivity index (χ0v) is 8.27. The minimum absolute atomic E-state index is 0.111. The Morgan fingerprint density at radius 1 is 1.56 bits per heavy atom. The van der Waals surface area contributed by atoms with E-state index in [1.54, 1.807) is 0 Å². The molecule has 0 spiro atoms. The molecule has 0 aromatic carbocycles. The first-order valence-electron chi connectivity index (χ1n) is 4.72. The third-order valence-corrected chi connectivity index (χ3v) is 2.45. The van der Waals surface area contributed by atoms with Gasteiger partial charge in [-0.15, -0.1) is 0 Å². The summed E-state index contributed by atoms with van der Waals surface area (Å²) in [5.74, 6) is -3.15. The van der Waals surface area contributed by atoms with Gasteiger partial charge in [0.2, 0.25) is 0 Å². The van der Waals surface area contributed by atoms with Crippen LogP contribution in [0.15, 0.2) is 18.3 Å². The molecule has 2 heterocycles. The Labute approximate surface area is 89.8 Å². The molecule has 7 heteroatoms. The van der Waals surface area contributed by atoms with Crippen LogP contribution in [-0.4, -0.2) is 28.9 Å². The average Bonchev–Trinajstić information content (AvgIpc) is 2.59. The number of pyridine rings is 1. The maximum atomic E-state index is 13.0. The number of aromatic nitrogens is 1. The van der Waals surface area contributed by atoms with E-state index >= 15 is 0 Å². The fourth-order valence-electron chi connectivity index (χ4n) is 1.72. The van der Waals surface area contributed by atoms with Gasteiger partial charge in [-0.1, -0.05) is 0 Å². The van der Waals surface area contributed by atoms with E-state index in [0.29, 0.717) is 0 Å². The zero-order chi connectivity index (χ0) is 11.8. The topological polar surface area (TPSA) is 59.3 Å². The lowest BCUT2D eigenvalue weighted by Crippen LogP contribution is -2.25. The molecule has 1 fully saturated rings. The summed E-state index contributed by atoms with van der Waals surface area (Å²) in [5, 5.41) is 10.7. The third-order valence-electron chi connectivity index (χ3n) is 2.45. The van der Waals surface area contributed by atoms with Crippen molar-refractivity contribution < 1.29 is 13.7 Å². The zero-order valence-electron chi connectivity index (χ0n) is 8.27. The lowest BCUT2D eigenvalue weighted by atomic mass is 10.3. The molecule has 2 rings (SSSR count). The second-order valence-corrected chi connectivity index (χ2v) is 3.63. The largest absolute Gasteiger partial charge is 0.387 e. The number of alkyl halides is 2. The van der Waals surface area contributed by atoms with Gasteiger partial charge >= 0.3 is 5.82 Å². The standard InChI is InChI=1S/C9H9F2N3O2/c10-9(11)3-5-13(6-9)7-2-1-4-12-8(7)14(15)16/h1-2,4H,3,5-6H2. The maximum absolute atomic E-state index is 13.0. The fourth-order valence-corrected chi connectivity index (χ4v) is 1.72. The molecule has 0 unspecified atom stereocenters. The monoisotopic (exact) mass is 229 g/mol. The molecular formula is C9H9F2N3O2. The minimum Gasteiger partial charge on any atom is -0.358 e. The van der Waals surface area contributed by atoms with Gasteiger partial charge < -0.3 is 15.0 Å². The summed E-state index contributed by atoms with van der Waals surface area (Å²) < 4.78 is 26.0. The highest BCUT2D eigenvalue weighted by Gasteiger charge is 2.40. The Kier molecular flexibility index (Phi) is 2.45. The molecule has 0 N–H and O–H groups in total. The summed E-state index contributed by atoms with van der Waals surface area (Å²) in [6.07, 6.45) is 0.995. The van der Waals surface area contributed by atoms with Crippen LogP contribution in [0.5, 0.6) is 0 Å². The first-order chi connectivity index (χ1) is 7.49. The maximum Gasteiger partial charge on any atom is 0.387 e. The molecule has 0 aliphatic carbocycles. The van der Waals surface area contributed by atoms with E-state index in [4.69, 9.17) is 0 Å². The average molecular weight is 229 g/mol. The normalized spacial score (nSPS) is 18.8. The van der Waals surface area contributed by atoms with Gasteiger partial charge in [-0.25, -0.2) is 8.78 Å². The van der Waals surface area contributed by atoms with Gasteiger partial charge in [0.1, 0.15) is 11.9 Å². The molecule has 1 aliphatic heterocycles.